The maximum atomic E-state index is 13.8. The summed E-state index contributed by atoms with van der Waals surface area (Å²) in [6.07, 6.45) is 3.62. The summed E-state index contributed by atoms with van der Waals surface area (Å²) in [5, 5.41) is 2.89. The normalized spacial score (nSPS) is 10.6. The minimum atomic E-state index is -0.349. The van der Waals surface area contributed by atoms with Gasteiger partial charge < -0.3 is 10.2 Å². The van der Waals surface area contributed by atoms with Crippen LogP contribution in [0.2, 0.25) is 0 Å². The van der Waals surface area contributed by atoms with E-state index in [2.05, 4.69) is 10.3 Å². The summed E-state index contributed by atoms with van der Waals surface area (Å²) < 4.78 is 13.8. The molecule has 1 heterocycles. The molecule has 3 aromatic carbocycles. The highest BCUT2D eigenvalue weighted by atomic mass is 19.1. The summed E-state index contributed by atoms with van der Waals surface area (Å²) in [6, 6.07) is 24.6. The minimum Gasteiger partial charge on any atom is -0.352 e. The van der Waals surface area contributed by atoms with Crippen LogP contribution in [0.4, 0.5) is 10.1 Å². The quantitative estimate of drug-likeness (QED) is 0.386. The molecule has 35 heavy (non-hydrogen) atoms. The van der Waals surface area contributed by atoms with Crippen molar-refractivity contribution in [1.82, 2.24) is 10.3 Å². The molecule has 1 aromatic heterocycles. The highest BCUT2D eigenvalue weighted by Gasteiger charge is 2.19. The molecule has 1 N–H and O–H groups in total. The molecule has 4 aromatic rings. The number of hydrogen-bond acceptors (Lipinski definition) is 3. The fourth-order valence-corrected chi connectivity index (χ4v) is 3.70. The van der Waals surface area contributed by atoms with Gasteiger partial charge in [-0.15, -0.1) is 0 Å². The zero-order valence-corrected chi connectivity index (χ0v) is 19.4. The largest absolute Gasteiger partial charge is 0.352 e. The van der Waals surface area contributed by atoms with Crippen LogP contribution < -0.4 is 10.2 Å². The summed E-state index contributed by atoms with van der Waals surface area (Å²) >= 11 is 0. The minimum absolute atomic E-state index is 0.103. The zero-order valence-electron chi connectivity index (χ0n) is 19.4. The summed E-state index contributed by atoms with van der Waals surface area (Å²) in [5.74, 6) is -0.636. The fraction of sp³-hybridized carbons (Fsp3) is 0.138. The summed E-state index contributed by atoms with van der Waals surface area (Å²) in [5.41, 5.74) is 4.71. The van der Waals surface area contributed by atoms with Crippen LogP contribution in [0.5, 0.6) is 0 Å². The Morgan fingerprint density at radius 3 is 2.31 bits per heavy atom. The highest BCUT2D eigenvalue weighted by Crippen LogP contribution is 2.22. The van der Waals surface area contributed by atoms with Gasteiger partial charge in [-0.25, -0.2) is 4.39 Å². The molecule has 0 fully saturated rings. The van der Waals surface area contributed by atoms with E-state index in [-0.39, 0.29) is 30.6 Å². The molecule has 5 nitrogen and oxygen atoms in total. The summed E-state index contributed by atoms with van der Waals surface area (Å²) in [7, 11) is 0. The lowest BCUT2D eigenvalue weighted by atomic mass is 10.1. The van der Waals surface area contributed by atoms with Gasteiger partial charge in [-0.1, -0.05) is 48.0 Å². The Labute approximate surface area is 204 Å². The Morgan fingerprint density at radius 2 is 1.63 bits per heavy atom. The molecule has 0 saturated heterocycles. The standard InChI is InChI=1S/C29H26FN3O2/c1-21-7-11-25(12-8-21)29(35)33(20-23-4-2-6-26(30)16-23)27-13-9-22(10-14-27)17-28(34)32-19-24-5-3-15-31-18-24/h2-16,18H,17,19-20H2,1H3,(H,32,34). The monoisotopic (exact) mass is 467 g/mol. The first-order chi connectivity index (χ1) is 17.0. The van der Waals surface area contributed by atoms with Crippen LogP contribution in [-0.2, 0) is 24.3 Å². The van der Waals surface area contributed by atoms with Crippen molar-refractivity contribution in [2.24, 2.45) is 0 Å². The number of carbonyl (C=O) groups excluding carboxylic acids is 2. The van der Waals surface area contributed by atoms with Gasteiger partial charge in [0.2, 0.25) is 5.91 Å². The van der Waals surface area contributed by atoms with Crippen molar-refractivity contribution in [3.8, 4) is 0 Å². The first kappa shape index (κ1) is 23.8. The molecule has 0 saturated carbocycles. The second kappa shape index (κ2) is 11.2. The second-order valence-electron chi connectivity index (χ2n) is 8.37. The third kappa shape index (κ3) is 6.60. The van der Waals surface area contributed by atoms with Crippen LogP contribution in [0.3, 0.4) is 0 Å². The average Bonchev–Trinajstić information content (AvgIpc) is 2.87. The Bertz CT molecular complexity index is 1290. The smallest absolute Gasteiger partial charge is 0.258 e. The van der Waals surface area contributed by atoms with E-state index >= 15 is 0 Å². The van der Waals surface area contributed by atoms with Gasteiger partial charge >= 0.3 is 0 Å². The number of anilines is 1. The first-order valence-electron chi connectivity index (χ1n) is 11.4. The molecule has 2 amide bonds. The van der Waals surface area contributed by atoms with Crippen LogP contribution in [0, 0.1) is 12.7 Å². The van der Waals surface area contributed by atoms with Crippen molar-refractivity contribution in [3.63, 3.8) is 0 Å². The molecular formula is C29H26FN3O2. The van der Waals surface area contributed by atoms with Crippen LogP contribution in [0.25, 0.3) is 0 Å². The Hall–Kier alpha value is -4.32. The number of nitrogens with one attached hydrogen (secondary N) is 1. The summed E-state index contributed by atoms with van der Waals surface area (Å²) in [4.78, 5) is 31.4. The molecule has 176 valence electrons. The van der Waals surface area contributed by atoms with E-state index in [1.807, 2.05) is 55.5 Å². The molecule has 0 aliphatic carbocycles. The Morgan fingerprint density at radius 1 is 0.886 bits per heavy atom. The molecule has 0 aliphatic heterocycles. The van der Waals surface area contributed by atoms with Gasteiger partial charge in [-0.2, -0.15) is 0 Å². The number of hydrogen-bond donors (Lipinski definition) is 1. The van der Waals surface area contributed by atoms with Crippen molar-refractivity contribution in [2.75, 3.05) is 4.90 Å². The predicted octanol–water partition coefficient (Wildman–Crippen LogP) is 5.24. The molecule has 0 unspecified atom stereocenters. The lowest BCUT2D eigenvalue weighted by molar-refractivity contribution is -0.120. The van der Waals surface area contributed by atoms with Crippen molar-refractivity contribution in [2.45, 2.75) is 26.4 Å². The fourth-order valence-electron chi connectivity index (χ4n) is 3.70. The Kier molecular flexibility index (Phi) is 7.63. The van der Waals surface area contributed by atoms with E-state index in [0.717, 1.165) is 16.7 Å². The Balaban J connectivity index is 1.49. The van der Waals surface area contributed by atoms with Crippen LogP contribution in [-0.4, -0.2) is 16.8 Å². The van der Waals surface area contributed by atoms with E-state index in [0.29, 0.717) is 23.4 Å². The van der Waals surface area contributed by atoms with Gasteiger partial charge in [0.15, 0.2) is 0 Å². The molecule has 4 rings (SSSR count). The van der Waals surface area contributed by atoms with E-state index in [4.69, 9.17) is 0 Å². The zero-order chi connectivity index (χ0) is 24.6. The molecule has 0 spiro atoms. The first-order valence-corrected chi connectivity index (χ1v) is 11.4. The van der Waals surface area contributed by atoms with Crippen molar-refractivity contribution >= 4 is 17.5 Å². The second-order valence-corrected chi connectivity index (χ2v) is 8.37. The van der Waals surface area contributed by atoms with Crippen LogP contribution in [0.1, 0.15) is 32.6 Å². The van der Waals surface area contributed by atoms with Gasteiger partial charge in [-0.3, -0.25) is 14.6 Å². The van der Waals surface area contributed by atoms with E-state index in [1.165, 1.54) is 12.1 Å². The number of nitrogens with zero attached hydrogens (tertiary/aromatic N) is 2. The maximum absolute atomic E-state index is 13.8. The molecular weight excluding hydrogens is 441 g/mol. The van der Waals surface area contributed by atoms with Gasteiger partial charge in [0.25, 0.3) is 5.91 Å². The molecule has 0 aliphatic rings. The molecule has 0 radical (unpaired) electrons. The number of rotatable bonds is 8. The lowest BCUT2D eigenvalue weighted by Gasteiger charge is -2.24. The lowest BCUT2D eigenvalue weighted by Crippen LogP contribution is -2.30. The third-order valence-corrected chi connectivity index (χ3v) is 5.60. The predicted molar refractivity (Wildman–Crippen MR) is 134 cm³/mol. The van der Waals surface area contributed by atoms with Crippen molar-refractivity contribution in [3.05, 3.63) is 131 Å². The van der Waals surface area contributed by atoms with Gasteiger partial charge in [0, 0.05) is 30.2 Å². The molecule has 6 heteroatoms. The van der Waals surface area contributed by atoms with Crippen LogP contribution >= 0.6 is 0 Å². The van der Waals surface area contributed by atoms with Gasteiger partial charge in [0.05, 0.1) is 13.0 Å². The van der Waals surface area contributed by atoms with E-state index in [1.54, 1.807) is 41.6 Å². The number of aryl methyl sites for hydroxylation is 1. The number of pyridine rings is 1. The van der Waals surface area contributed by atoms with Gasteiger partial charge in [-0.05, 0) is 66.1 Å². The topological polar surface area (TPSA) is 62.3 Å². The van der Waals surface area contributed by atoms with E-state index < -0.39 is 0 Å². The average molecular weight is 468 g/mol. The summed E-state index contributed by atoms with van der Waals surface area (Å²) in [6.45, 7) is 2.59. The highest BCUT2D eigenvalue weighted by molar-refractivity contribution is 6.06. The van der Waals surface area contributed by atoms with Crippen molar-refractivity contribution < 1.29 is 14.0 Å². The molecule has 0 bridgehead atoms. The maximum Gasteiger partial charge on any atom is 0.258 e. The third-order valence-electron chi connectivity index (χ3n) is 5.60. The number of aromatic nitrogens is 1. The number of benzene rings is 3. The van der Waals surface area contributed by atoms with Crippen LogP contribution in [0.15, 0.2) is 97.3 Å². The number of amides is 2. The number of carbonyl (C=O) groups is 2. The SMILES string of the molecule is Cc1ccc(C(=O)N(Cc2cccc(F)c2)c2ccc(CC(=O)NCc3cccnc3)cc2)cc1. The van der Waals surface area contributed by atoms with Gasteiger partial charge in [0.1, 0.15) is 5.82 Å². The van der Waals surface area contributed by atoms with Crippen molar-refractivity contribution in [1.29, 1.82) is 0 Å². The molecule has 0 atom stereocenters. The number of halogens is 1. The van der Waals surface area contributed by atoms with E-state index in [9.17, 15) is 14.0 Å².